The van der Waals surface area contributed by atoms with Gasteiger partial charge in [-0.25, -0.2) is 0 Å². The maximum Gasteiger partial charge on any atom is 0.0918 e. The van der Waals surface area contributed by atoms with Crippen molar-refractivity contribution < 1.29 is 15.3 Å². The number of hydrogen-bond donors (Lipinski definition) is 3. The summed E-state index contributed by atoms with van der Waals surface area (Å²) in [6, 6.07) is 0. The Hall–Kier alpha value is -1.06. The summed E-state index contributed by atoms with van der Waals surface area (Å²) in [5.41, 5.74) is 2.62. The normalized spacial score (nSPS) is 54.2. The molecule has 3 nitrogen and oxygen atoms in total. The number of allylic oxidation sites excluding steroid dienone is 4. The van der Waals surface area contributed by atoms with Crippen molar-refractivity contribution in [2.75, 3.05) is 6.61 Å². The smallest absolute Gasteiger partial charge is 0.0918 e. The minimum Gasteiger partial charge on any atom is -0.512 e. The van der Waals surface area contributed by atoms with Gasteiger partial charge >= 0.3 is 0 Å². The van der Waals surface area contributed by atoms with Crippen molar-refractivity contribution in [3.8, 4) is 0 Å². The third-order valence-electron chi connectivity index (χ3n) is 13.2. The number of hydrogen-bond acceptors (Lipinski definition) is 3. The van der Waals surface area contributed by atoms with Crippen LogP contribution in [0, 0.1) is 50.7 Å². The third kappa shape index (κ3) is 2.72. The van der Waals surface area contributed by atoms with E-state index in [1.807, 2.05) is 0 Å². The average Bonchev–Trinajstić information content (AvgIpc) is 3.18. The van der Waals surface area contributed by atoms with Crippen LogP contribution in [0.1, 0.15) is 92.4 Å². The first-order valence-electron chi connectivity index (χ1n) is 13.8. The molecule has 3 heteroatoms. The zero-order chi connectivity index (χ0) is 24.9. The molecular weight excluding hydrogens is 420 g/mol. The second-order valence-corrected chi connectivity index (χ2v) is 14.1. The van der Waals surface area contributed by atoms with E-state index in [2.05, 4.69) is 53.9 Å². The molecule has 0 saturated heterocycles. The topological polar surface area (TPSA) is 60.7 Å². The Balaban J connectivity index is 1.62. The highest BCUT2D eigenvalue weighted by Crippen LogP contribution is 2.76. The summed E-state index contributed by atoms with van der Waals surface area (Å²) in [6.07, 6.45) is 11.5. The van der Waals surface area contributed by atoms with Crippen LogP contribution in [-0.2, 0) is 0 Å². The molecule has 34 heavy (non-hydrogen) atoms. The van der Waals surface area contributed by atoms with E-state index in [-0.39, 0.29) is 28.3 Å². The first kappa shape index (κ1) is 24.6. The van der Waals surface area contributed by atoms with Crippen molar-refractivity contribution in [3.05, 3.63) is 36.1 Å². The van der Waals surface area contributed by atoms with E-state index in [4.69, 9.17) is 0 Å². The predicted octanol–water partition coefficient (Wildman–Crippen LogP) is 6.97. The van der Waals surface area contributed by atoms with Gasteiger partial charge in [0.25, 0.3) is 0 Å². The molecule has 10 atom stereocenters. The van der Waals surface area contributed by atoms with Gasteiger partial charge in [0.1, 0.15) is 0 Å². The summed E-state index contributed by atoms with van der Waals surface area (Å²) in [4.78, 5) is 0. The second-order valence-electron chi connectivity index (χ2n) is 14.1. The van der Waals surface area contributed by atoms with Crippen LogP contribution in [-0.4, -0.2) is 28.0 Å². The van der Waals surface area contributed by atoms with Crippen LogP contribution in [0.5, 0.6) is 0 Å². The van der Waals surface area contributed by atoms with Gasteiger partial charge in [0.15, 0.2) is 0 Å². The molecule has 190 valence electrons. The van der Waals surface area contributed by atoms with Crippen LogP contribution >= 0.6 is 0 Å². The zero-order valence-electron chi connectivity index (χ0n) is 22.3. The molecule has 0 heterocycles. The van der Waals surface area contributed by atoms with Crippen molar-refractivity contribution in [1.29, 1.82) is 0 Å². The molecule has 5 unspecified atom stereocenters. The minimum atomic E-state index is -0.411. The lowest BCUT2D eigenvalue weighted by atomic mass is 9.34. The van der Waals surface area contributed by atoms with Gasteiger partial charge in [-0.15, -0.1) is 0 Å². The molecule has 0 aromatic carbocycles. The van der Waals surface area contributed by atoms with Gasteiger partial charge in [0, 0.05) is 10.8 Å². The fourth-order valence-corrected chi connectivity index (χ4v) is 10.9. The van der Waals surface area contributed by atoms with E-state index in [0.717, 1.165) is 57.8 Å². The van der Waals surface area contributed by atoms with Gasteiger partial charge in [-0.2, -0.15) is 0 Å². The lowest BCUT2D eigenvalue weighted by molar-refractivity contribution is -0.213. The number of aliphatic hydroxyl groups excluding tert-OH is 3. The van der Waals surface area contributed by atoms with Crippen LogP contribution in [0.4, 0.5) is 0 Å². The fraction of sp³-hybridized carbons (Fsp3) is 0.806. The molecule has 4 fully saturated rings. The SMILES string of the molecule is C=C(C)[C@@H]1CCC2(C(=C)O)CC[C@]3(C)C(=CCC4[C@@]5(C)CCC(O)[C@@](C)(CO)C5CC[C@]43C)C12. The van der Waals surface area contributed by atoms with Gasteiger partial charge < -0.3 is 15.3 Å². The summed E-state index contributed by atoms with van der Waals surface area (Å²) in [5.74, 6) is 2.03. The summed E-state index contributed by atoms with van der Waals surface area (Å²) in [5, 5.41) is 32.3. The molecular formula is C31H48O3. The van der Waals surface area contributed by atoms with E-state index in [9.17, 15) is 15.3 Å². The Kier molecular flexibility index (Phi) is 5.42. The molecule has 0 aliphatic heterocycles. The maximum absolute atomic E-state index is 10.9. The van der Waals surface area contributed by atoms with Crippen molar-refractivity contribution >= 4 is 0 Å². The first-order chi connectivity index (χ1) is 15.8. The first-order valence-corrected chi connectivity index (χ1v) is 13.8. The summed E-state index contributed by atoms with van der Waals surface area (Å²) in [6.45, 7) is 20.5. The van der Waals surface area contributed by atoms with Crippen molar-refractivity contribution in [3.63, 3.8) is 0 Å². The molecule has 0 aromatic heterocycles. The summed E-state index contributed by atoms with van der Waals surface area (Å²) < 4.78 is 0. The van der Waals surface area contributed by atoms with Crippen LogP contribution in [0.3, 0.4) is 0 Å². The van der Waals surface area contributed by atoms with Crippen LogP contribution < -0.4 is 0 Å². The average molecular weight is 469 g/mol. The van der Waals surface area contributed by atoms with Gasteiger partial charge in [0.05, 0.1) is 18.5 Å². The molecule has 0 radical (unpaired) electrons. The largest absolute Gasteiger partial charge is 0.512 e. The highest BCUT2D eigenvalue weighted by molar-refractivity contribution is 5.38. The monoisotopic (exact) mass is 468 g/mol. The maximum atomic E-state index is 10.9. The van der Waals surface area contributed by atoms with Crippen molar-refractivity contribution in [2.24, 2.45) is 50.7 Å². The van der Waals surface area contributed by atoms with Crippen LogP contribution in [0.2, 0.25) is 0 Å². The van der Waals surface area contributed by atoms with E-state index in [0.29, 0.717) is 29.4 Å². The summed E-state index contributed by atoms with van der Waals surface area (Å²) in [7, 11) is 0. The van der Waals surface area contributed by atoms with Gasteiger partial charge in [-0.1, -0.05) is 58.1 Å². The standard InChI is InChI=1S/C31H48O3/c1-19(2)21-10-15-31(20(3)33)17-16-29(6)22(26(21)31)8-9-24-27(4)13-12-25(34)28(5,18-32)23(27)11-14-30(24,29)7/h8,21,23-26,32-34H,1,3,9-18H2,2,4-7H3/t21-,23?,24?,25?,26?,27-,28-,29+,30+,31?/m0/s1. The lowest BCUT2D eigenvalue weighted by Crippen LogP contribution is -2.65. The molecule has 0 amide bonds. The Labute approximate surface area is 207 Å². The highest BCUT2D eigenvalue weighted by atomic mass is 16.3. The highest BCUT2D eigenvalue weighted by Gasteiger charge is 2.69. The van der Waals surface area contributed by atoms with E-state index < -0.39 is 11.5 Å². The number of rotatable bonds is 3. The number of fused-ring (bicyclic) bond motifs is 7. The Bertz CT molecular complexity index is 935. The lowest BCUT2D eigenvalue weighted by Gasteiger charge is -2.70. The van der Waals surface area contributed by atoms with E-state index in [1.54, 1.807) is 5.57 Å². The molecule has 5 aliphatic carbocycles. The van der Waals surface area contributed by atoms with Crippen molar-refractivity contribution in [2.45, 2.75) is 98.5 Å². The van der Waals surface area contributed by atoms with Crippen LogP contribution in [0.15, 0.2) is 36.1 Å². The van der Waals surface area contributed by atoms with Gasteiger partial charge in [0.2, 0.25) is 0 Å². The fourth-order valence-electron chi connectivity index (χ4n) is 10.9. The molecule has 5 aliphatic rings. The van der Waals surface area contributed by atoms with Crippen molar-refractivity contribution in [1.82, 2.24) is 0 Å². The Morgan fingerprint density at radius 2 is 1.68 bits per heavy atom. The van der Waals surface area contributed by atoms with Crippen LogP contribution in [0.25, 0.3) is 0 Å². The number of aliphatic hydroxyl groups is 3. The Morgan fingerprint density at radius 1 is 0.971 bits per heavy atom. The van der Waals surface area contributed by atoms with E-state index in [1.165, 1.54) is 5.57 Å². The minimum absolute atomic E-state index is 0.0692. The van der Waals surface area contributed by atoms with E-state index >= 15 is 0 Å². The molecule has 4 saturated carbocycles. The zero-order valence-corrected chi connectivity index (χ0v) is 22.3. The molecule has 0 spiro atoms. The predicted molar refractivity (Wildman–Crippen MR) is 138 cm³/mol. The molecule has 0 aromatic rings. The quantitative estimate of drug-likeness (QED) is 0.310. The molecule has 3 N–H and O–H groups in total. The summed E-state index contributed by atoms with van der Waals surface area (Å²) >= 11 is 0. The second kappa shape index (κ2) is 7.48. The van der Waals surface area contributed by atoms with Gasteiger partial charge in [-0.05, 0) is 105 Å². The molecule has 0 bridgehead atoms. The third-order valence-corrected chi connectivity index (χ3v) is 13.2. The van der Waals surface area contributed by atoms with Gasteiger partial charge in [-0.3, -0.25) is 0 Å². The Morgan fingerprint density at radius 3 is 2.29 bits per heavy atom. The molecule has 5 rings (SSSR count).